The first kappa shape index (κ1) is 15.5. The predicted molar refractivity (Wildman–Crippen MR) is 97.2 cm³/mol. The van der Waals surface area contributed by atoms with Crippen LogP contribution in [-0.4, -0.2) is 9.55 Å². The molecule has 1 aromatic heterocycles. The predicted octanol–water partition coefficient (Wildman–Crippen LogP) is 5.79. The molecule has 0 N–H and O–H groups in total. The van der Waals surface area contributed by atoms with E-state index in [1.807, 2.05) is 12.3 Å². The van der Waals surface area contributed by atoms with Crippen LogP contribution in [0.1, 0.15) is 50.8 Å². The van der Waals surface area contributed by atoms with E-state index in [1.54, 1.807) is 0 Å². The van der Waals surface area contributed by atoms with Gasteiger partial charge >= 0.3 is 0 Å². The van der Waals surface area contributed by atoms with Gasteiger partial charge in [-0.3, -0.25) is 4.57 Å². The number of aromatic nitrogens is 2. The van der Waals surface area contributed by atoms with Crippen LogP contribution in [0.5, 0.6) is 0 Å². The van der Waals surface area contributed by atoms with E-state index in [9.17, 15) is 0 Å². The summed E-state index contributed by atoms with van der Waals surface area (Å²) >= 11 is 0. The summed E-state index contributed by atoms with van der Waals surface area (Å²) in [5.74, 6) is 1.97. The minimum Gasteiger partial charge on any atom is -0.297 e. The Balaban J connectivity index is 2.14. The lowest BCUT2D eigenvalue weighted by Crippen LogP contribution is -2.04. The van der Waals surface area contributed by atoms with Crippen molar-refractivity contribution in [3.05, 3.63) is 72.1 Å². The van der Waals surface area contributed by atoms with Gasteiger partial charge in [0.05, 0.1) is 0 Å². The molecule has 23 heavy (non-hydrogen) atoms. The monoisotopic (exact) mass is 304 g/mol. The minimum absolute atomic E-state index is 0.421. The summed E-state index contributed by atoms with van der Waals surface area (Å²) in [5.41, 5.74) is 4.92. The van der Waals surface area contributed by atoms with Crippen molar-refractivity contribution in [3.63, 3.8) is 0 Å². The molecule has 0 unspecified atom stereocenters. The van der Waals surface area contributed by atoms with Gasteiger partial charge in [-0.05, 0) is 29.5 Å². The zero-order valence-electron chi connectivity index (χ0n) is 14.3. The fourth-order valence-electron chi connectivity index (χ4n) is 2.84. The Bertz CT molecular complexity index is 765. The third-order valence-corrected chi connectivity index (χ3v) is 4.23. The van der Waals surface area contributed by atoms with Crippen molar-refractivity contribution in [2.75, 3.05) is 0 Å². The van der Waals surface area contributed by atoms with E-state index < -0.39 is 0 Å². The highest BCUT2D eigenvalue weighted by Gasteiger charge is 2.15. The van der Waals surface area contributed by atoms with Gasteiger partial charge in [-0.2, -0.15) is 0 Å². The summed E-state index contributed by atoms with van der Waals surface area (Å²) < 4.78 is 2.28. The van der Waals surface area contributed by atoms with Gasteiger partial charge in [0.25, 0.3) is 0 Å². The van der Waals surface area contributed by atoms with Crippen molar-refractivity contribution in [3.8, 4) is 17.1 Å². The van der Waals surface area contributed by atoms with E-state index in [0.29, 0.717) is 11.8 Å². The smallest absolute Gasteiger partial charge is 0.144 e. The molecule has 2 heteroatoms. The maximum absolute atomic E-state index is 4.70. The highest BCUT2D eigenvalue weighted by molar-refractivity contribution is 5.60. The maximum atomic E-state index is 4.70. The lowest BCUT2D eigenvalue weighted by molar-refractivity contribution is 0.788. The fraction of sp³-hybridized carbons (Fsp3) is 0.286. The highest BCUT2D eigenvalue weighted by atomic mass is 15.1. The van der Waals surface area contributed by atoms with Gasteiger partial charge in [0.15, 0.2) is 0 Å². The molecule has 0 amide bonds. The number of nitrogens with zero attached hydrogens (tertiary/aromatic N) is 2. The molecule has 0 bridgehead atoms. The van der Waals surface area contributed by atoms with Crippen LogP contribution in [0, 0.1) is 0 Å². The Morgan fingerprint density at radius 1 is 0.783 bits per heavy atom. The first-order valence-electron chi connectivity index (χ1n) is 8.31. The van der Waals surface area contributed by atoms with Crippen LogP contribution in [0.15, 0.2) is 60.8 Å². The number of benzene rings is 2. The summed E-state index contributed by atoms with van der Waals surface area (Å²) in [5, 5.41) is 0. The third kappa shape index (κ3) is 3.07. The molecule has 1 heterocycles. The number of rotatable bonds is 4. The molecule has 2 nitrogen and oxygen atoms in total. The number of imidazole rings is 1. The van der Waals surface area contributed by atoms with Gasteiger partial charge in [-0.1, -0.05) is 70.2 Å². The molecule has 118 valence electrons. The van der Waals surface area contributed by atoms with Crippen LogP contribution in [0.25, 0.3) is 17.1 Å². The Morgan fingerprint density at radius 2 is 1.43 bits per heavy atom. The molecule has 0 spiro atoms. The fourth-order valence-corrected chi connectivity index (χ4v) is 2.84. The molecular formula is C21H24N2. The van der Waals surface area contributed by atoms with Crippen molar-refractivity contribution in [2.24, 2.45) is 0 Å². The van der Waals surface area contributed by atoms with Gasteiger partial charge in [0, 0.05) is 23.1 Å². The second-order valence-electron chi connectivity index (χ2n) is 6.61. The quantitative estimate of drug-likeness (QED) is 0.597. The van der Waals surface area contributed by atoms with Crippen molar-refractivity contribution in [2.45, 2.75) is 39.5 Å². The Hall–Kier alpha value is -2.35. The summed E-state index contributed by atoms with van der Waals surface area (Å²) in [4.78, 5) is 4.70. The summed E-state index contributed by atoms with van der Waals surface area (Å²) in [7, 11) is 0. The van der Waals surface area contributed by atoms with Gasteiger partial charge in [-0.15, -0.1) is 0 Å². The van der Waals surface area contributed by atoms with Crippen molar-refractivity contribution >= 4 is 0 Å². The number of hydrogen-bond acceptors (Lipinski definition) is 1. The summed E-state index contributed by atoms with van der Waals surface area (Å²) in [6.07, 6.45) is 2.00. The van der Waals surface area contributed by atoms with Crippen molar-refractivity contribution < 1.29 is 0 Å². The van der Waals surface area contributed by atoms with E-state index >= 15 is 0 Å². The van der Waals surface area contributed by atoms with E-state index in [4.69, 9.17) is 4.98 Å². The maximum Gasteiger partial charge on any atom is 0.144 e. The third-order valence-electron chi connectivity index (χ3n) is 4.23. The van der Waals surface area contributed by atoms with Crippen molar-refractivity contribution in [1.82, 2.24) is 9.55 Å². The molecule has 0 atom stereocenters. The lowest BCUT2D eigenvalue weighted by atomic mass is 10.0. The zero-order valence-corrected chi connectivity index (χ0v) is 14.3. The second-order valence-corrected chi connectivity index (χ2v) is 6.61. The molecular weight excluding hydrogens is 280 g/mol. The van der Waals surface area contributed by atoms with Gasteiger partial charge in [0.2, 0.25) is 0 Å². The molecule has 0 aliphatic carbocycles. The molecule has 3 aromatic rings. The average molecular weight is 304 g/mol. The lowest BCUT2D eigenvalue weighted by Gasteiger charge is -2.15. The van der Waals surface area contributed by atoms with Crippen LogP contribution in [-0.2, 0) is 0 Å². The topological polar surface area (TPSA) is 17.8 Å². The average Bonchev–Trinajstić information content (AvgIpc) is 3.01. The normalized spacial score (nSPS) is 11.4. The highest BCUT2D eigenvalue weighted by Crippen LogP contribution is 2.28. The van der Waals surface area contributed by atoms with E-state index in [0.717, 1.165) is 11.4 Å². The standard InChI is InChI=1S/C21H24N2/c1-15(2)17-10-12-19(13-11-17)23-20(16(3)4)14-22-21(23)18-8-6-5-7-9-18/h5-16H,1-4H3. The van der Waals surface area contributed by atoms with Crippen LogP contribution in [0.4, 0.5) is 0 Å². The summed E-state index contributed by atoms with van der Waals surface area (Å²) in [6.45, 7) is 8.87. The SMILES string of the molecule is CC(C)c1ccc(-n2c(C(C)C)cnc2-c2ccccc2)cc1. The Kier molecular flexibility index (Phi) is 4.33. The summed E-state index contributed by atoms with van der Waals surface area (Å²) in [6, 6.07) is 19.2. The van der Waals surface area contributed by atoms with Crippen molar-refractivity contribution in [1.29, 1.82) is 0 Å². The van der Waals surface area contributed by atoms with E-state index in [1.165, 1.54) is 16.9 Å². The largest absolute Gasteiger partial charge is 0.297 e. The first-order chi connectivity index (χ1) is 11.1. The number of hydrogen-bond donors (Lipinski definition) is 0. The molecule has 2 aromatic carbocycles. The minimum atomic E-state index is 0.421. The molecule has 0 saturated carbocycles. The molecule has 0 saturated heterocycles. The molecule has 3 rings (SSSR count). The van der Waals surface area contributed by atoms with Crippen LogP contribution < -0.4 is 0 Å². The first-order valence-corrected chi connectivity index (χ1v) is 8.31. The Labute approximate surface area is 138 Å². The molecule has 0 aliphatic rings. The molecule has 0 fully saturated rings. The van der Waals surface area contributed by atoms with E-state index in [-0.39, 0.29) is 0 Å². The second kappa shape index (κ2) is 6.41. The van der Waals surface area contributed by atoms with Gasteiger partial charge < -0.3 is 0 Å². The van der Waals surface area contributed by atoms with Gasteiger partial charge in [-0.25, -0.2) is 4.98 Å². The zero-order chi connectivity index (χ0) is 16.4. The van der Waals surface area contributed by atoms with E-state index in [2.05, 4.69) is 80.8 Å². The molecule has 0 radical (unpaired) electrons. The van der Waals surface area contributed by atoms with Crippen LogP contribution in [0.2, 0.25) is 0 Å². The molecule has 0 aliphatic heterocycles. The Morgan fingerprint density at radius 3 is 2.00 bits per heavy atom. The van der Waals surface area contributed by atoms with Crippen LogP contribution >= 0.6 is 0 Å². The van der Waals surface area contributed by atoms with Crippen LogP contribution in [0.3, 0.4) is 0 Å². The van der Waals surface area contributed by atoms with Gasteiger partial charge in [0.1, 0.15) is 5.82 Å².